The van der Waals surface area contributed by atoms with Crippen LogP contribution in [0.15, 0.2) is 164 Å². The maximum absolute atomic E-state index is 7.09. The summed E-state index contributed by atoms with van der Waals surface area (Å²) in [5, 5.41) is 2.32. The van der Waals surface area contributed by atoms with Crippen LogP contribution in [-0.2, 0) is 27.1 Å². The Morgan fingerprint density at radius 2 is 0.904 bits per heavy atom. The molecule has 7 aromatic carbocycles. The average Bonchev–Trinajstić information content (AvgIpc) is 3.88. The van der Waals surface area contributed by atoms with Gasteiger partial charge in [-0.2, -0.15) is 0 Å². The van der Waals surface area contributed by atoms with E-state index in [4.69, 9.17) is 9.72 Å². The highest BCUT2D eigenvalue weighted by Crippen LogP contribution is 2.48. The second-order valence-electron chi connectivity index (χ2n) is 25.6. The van der Waals surface area contributed by atoms with Crippen molar-refractivity contribution in [1.29, 1.82) is 0 Å². The minimum Gasteiger partial charge on any atom is -0.457 e. The number of pyridine rings is 1. The van der Waals surface area contributed by atoms with Gasteiger partial charge in [0.25, 0.3) is 0 Å². The quantitative estimate of drug-likeness (QED) is 0.159. The molecule has 73 heavy (non-hydrogen) atoms. The maximum Gasteiger partial charge on any atom is 0.137 e. The van der Waals surface area contributed by atoms with E-state index in [1.165, 1.54) is 66.8 Å². The number of anilines is 4. The van der Waals surface area contributed by atoms with E-state index >= 15 is 0 Å². The van der Waals surface area contributed by atoms with Crippen LogP contribution >= 0.6 is 0 Å². The van der Waals surface area contributed by atoms with Crippen molar-refractivity contribution in [2.45, 2.75) is 131 Å². The summed E-state index contributed by atoms with van der Waals surface area (Å²) < 4.78 is 9.40. The van der Waals surface area contributed by atoms with Crippen molar-refractivity contribution in [3.05, 3.63) is 192 Å². The summed E-state index contributed by atoms with van der Waals surface area (Å²) in [7, 11) is 0. The maximum atomic E-state index is 7.09. The molecule has 0 aliphatic carbocycles. The van der Waals surface area contributed by atoms with E-state index in [1.54, 1.807) is 0 Å². The van der Waals surface area contributed by atoms with E-state index in [-0.39, 0.29) is 27.1 Å². The third-order valence-electron chi connectivity index (χ3n) is 14.8. The standard InChI is InChI=1S/C68H74N4O/c1-64(2,3)48-29-30-69-63(40-48)72-59-28-25-45(44-21-17-16-18-22-44)35-58(59)57-27-26-55(42-62(57)72)73-56-39-52(68(13,14)15)38-54(41-56)71-43-70(60-23-19-20-24-61(60)71)53-34-47(33-51(37-53)67(10,11)12)46-31-49(65(4,5)6)36-50(32-46)66(7,8)9/h16-42H,43H2,1-15H3. The monoisotopic (exact) mass is 963 g/mol. The second-order valence-corrected chi connectivity index (χ2v) is 25.6. The number of hydrogen-bond donors (Lipinski definition) is 0. The Morgan fingerprint density at radius 3 is 1.49 bits per heavy atom. The van der Waals surface area contributed by atoms with Gasteiger partial charge in [0, 0.05) is 40.5 Å². The lowest BCUT2D eigenvalue weighted by atomic mass is 9.78. The van der Waals surface area contributed by atoms with Crippen LogP contribution < -0.4 is 14.5 Å². The van der Waals surface area contributed by atoms with Crippen LogP contribution in [0.2, 0.25) is 0 Å². The summed E-state index contributed by atoms with van der Waals surface area (Å²) in [6, 6.07) is 58.5. The van der Waals surface area contributed by atoms with E-state index in [0.717, 1.165) is 45.1 Å². The van der Waals surface area contributed by atoms with Crippen LogP contribution in [0.3, 0.4) is 0 Å². The van der Waals surface area contributed by atoms with Crippen molar-refractivity contribution in [2.75, 3.05) is 16.5 Å². The number of rotatable bonds is 7. The van der Waals surface area contributed by atoms with Gasteiger partial charge >= 0.3 is 0 Å². The predicted molar refractivity (Wildman–Crippen MR) is 311 cm³/mol. The van der Waals surface area contributed by atoms with Crippen molar-refractivity contribution in [1.82, 2.24) is 9.55 Å². The number of ether oxygens (including phenoxy) is 1. The minimum absolute atomic E-state index is 0.00902. The van der Waals surface area contributed by atoms with Crippen molar-refractivity contribution < 1.29 is 4.74 Å². The van der Waals surface area contributed by atoms with Gasteiger partial charge in [-0.3, -0.25) is 4.57 Å². The topological polar surface area (TPSA) is 33.5 Å². The molecule has 1 aliphatic heterocycles. The Hall–Kier alpha value is -7.11. The van der Waals surface area contributed by atoms with Crippen LogP contribution in [0.5, 0.6) is 11.5 Å². The van der Waals surface area contributed by atoms with E-state index < -0.39 is 0 Å². The highest BCUT2D eigenvalue weighted by Gasteiger charge is 2.31. The number of aromatic nitrogens is 2. The molecule has 0 spiro atoms. The highest BCUT2D eigenvalue weighted by molar-refractivity contribution is 6.10. The lowest BCUT2D eigenvalue weighted by Crippen LogP contribution is -2.25. The van der Waals surface area contributed by atoms with E-state index in [0.29, 0.717) is 6.67 Å². The van der Waals surface area contributed by atoms with Gasteiger partial charge < -0.3 is 14.5 Å². The largest absolute Gasteiger partial charge is 0.457 e. The zero-order chi connectivity index (χ0) is 52.0. The summed E-state index contributed by atoms with van der Waals surface area (Å²) in [5.74, 6) is 2.45. The molecule has 0 N–H and O–H groups in total. The number of nitrogens with zero attached hydrogens (tertiary/aromatic N) is 4. The molecule has 0 unspecified atom stereocenters. The number of para-hydroxylation sites is 2. The van der Waals surface area contributed by atoms with Gasteiger partial charge in [0.15, 0.2) is 0 Å². The summed E-state index contributed by atoms with van der Waals surface area (Å²) in [6.07, 6.45) is 1.94. The molecular formula is C68H74N4O. The van der Waals surface area contributed by atoms with E-state index in [9.17, 15) is 0 Å². The first-order valence-electron chi connectivity index (χ1n) is 26.2. The summed E-state index contributed by atoms with van der Waals surface area (Å²) in [4.78, 5) is 9.96. The lowest BCUT2D eigenvalue weighted by Gasteiger charge is -2.29. The fourth-order valence-corrected chi connectivity index (χ4v) is 10.2. The molecule has 372 valence electrons. The normalized spacial score (nSPS) is 13.6. The summed E-state index contributed by atoms with van der Waals surface area (Å²) in [5.41, 5.74) is 17.9. The zero-order valence-electron chi connectivity index (χ0n) is 46.0. The predicted octanol–water partition coefficient (Wildman–Crippen LogP) is 19.0. The SMILES string of the molecule is CC(C)(C)c1cc(Oc2ccc3c4cc(-c5ccccc5)ccc4n(-c4cc(C(C)(C)C)ccn4)c3c2)cc(N2CN(c3cc(-c4cc(C(C)(C)C)cc(C(C)(C)C)c4)cc(C(C)(C)C)c3)c3ccccc32)c1. The molecule has 10 rings (SSSR count). The molecule has 3 heterocycles. The fraction of sp³-hybridized carbons (Fsp3) is 0.309. The van der Waals surface area contributed by atoms with Crippen molar-refractivity contribution in [3.8, 4) is 39.6 Å². The van der Waals surface area contributed by atoms with Gasteiger partial charge in [0.05, 0.1) is 22.4 Å². The Labute approximate surface area is 435 Å². The number of fused-ring (bicyclic) bond motifs is 4. The molecule has 0 saturated carbocycles. The van der Waals surface area contributed by atoms with Crippen LogP contribution in [0, 0.1) is 0 Å². The van der Waals surface area contributed by atoms with Gasteiger partial charge in [0.1, 0.15) is 24.0 Å². The lowest BCUT2D eigenvalue weighted by molar-refractivity contribution is 0.479. The van der Waals surface area contributed by atoms with Gasteiger partial charge in [-0.05, 0) is 150 Å². The molecule has 9 aromatic rings. The minimum atomic E-state index is -0.146. The molecule has 0 amide bonds. The first-order chi connectivity index (χ1) is 34.3. The Balaban J connectivity index is 1.07. The number of hydrogen-bond acceptors (Lipinski definition) is 4. The third kappa shape index (κ3) is 9.79. The molecule has 5 nitrogen and oxygen atoms in total. The van der Waals surface area contributed by atoms with Crippen LogP contribution in [0.1, 0.15) is 132 Å². The molecular weight excluding hydrogens is 889 g/mol. The van der Waals surface area contributed by atoms with Gasteiger partial charge in [-0.1, -0.05) is 177 Å². The highest BCUT2D eigenvalue weighted by atomic mass is 16.5. The van der Waals surface area contributed by atoms with Crippen molar-refractivity contribution in [2.24, 2.45) is 0 Å². The molecule has 0 saturated heterocycles. The third-order valence-corrected chi connectivity index (χ3v) is 14.8. The van der Waals surface area contributed by atoms with Gasteiger partial charge in [-0.15, -0.1) is 0 Å². The molecule has 0 atom stereocenters. The fourth-order valence-electron chi connectivity index (χ4n) is 10.2. The molecule has 2 aromatic heterocycles. The zero-order valence-corrected chi connectivity index (χ0v) is 46.0. The Kier molecular flexibility index (Phi) is 12.1. The Bertz CT molecular complexity index is 3510. The van der Waals surface area contributed by atoms with Crippen molar-refractivity contribution >= 4 is 44.6 Å². The molecule has 1 aliphatic rings. The van der Waals surface area contributed by atoms with Gasteiger partial charge in [-0.25, -0.2) is 4.98 Å². The van der Waals surface area contributed by atoms with E-state index in [1.807, 2.05) is 6.20 Å². The van der Waals surface area contributed by atoms with Gasteiger partial charge in [0.2, 0.25) is 0 Å². The molecule has 5 heteroatoms. The van der Waals surface area contributed by atoms with E-state index in [2.05, 4.69) is 276 Å². The first kappa shape index (κ1) is 49.5. The molecule has 0 radical (unpaired) electrons. The summed E-state index contributed by atoms with van der Waals surface area (Å²) >= 11 is 0. The average molecular weight is 963 g/mol. The van der Waals surface area contributed by atoms with Crippen LogP contribution in [0.4, 0.5) is 22.7 Å². The van der Waals surface area contributed by atoms with Crippen LogP contribution in [-0.4, -0.2) is 16.2 Å². The molecule has 0 bridgehead atoms. The smallest absolute Gasteiger partial charge is 0.137 e. The molecule has 0 fully saturated rings. The van der Waals surface area contributed by atoms with Crippen LogP contribution in [0.25, 0.3) is 49.9 Å². The van der Waals surface area contributed by atoms with Crippen molar-refractivity contribution in [3.63, 3.8) is 0 Å². The number of benzene rings is 7. The Morgan fingerprint density at radius 1 is 0.370 bits per heavy atom. The second kappa shape index (κ2) is 17.8. The summed E-state index contributed by atoms with van der Waals surface area (Å²) in [6.45, 7) is 35.2. The first-order valence-corrected chi connectivity index (χ1v) is 26.2.